The Labute approximate surface area is 133 Å². The molecule has 5 nitrogen and oxygen atoms in total. The smallest absolute Gasteiger partial charge is 0.432 e. The van der Waals surface area contributed by atoms with Crippen LogP contribution in [0.15, 0.2) is 22.7 Å². The molecule has 0 heterocycles. The summed E-state index contributed by atoms with van der Waals surface area (Å²) in [5.41, 5.74) is -1.16. The number of hydrogen-bond acceptors (Lipinski definition) is 4. The van der Waals surface area contributed by atoms with Crippen molar-refractivity contribution < 1.29 is 48.8 Å². The number of carbonyl (C=O) groups is 1. The summed E-state index contributed by atoms with van der Waals surface area (Å²) < 4.78 is 110. The van der Waals surface area contributed by atoms with Crippen LogP contribution >= 0.6 is 15.9 Å². The van der Waals surface area contributed by atoms with Gasteiger partial charge in [-0.15, -0.1) is 0 Å². The van der Waals surface area contributed by atoms with Crippen molar-refractivity contribution in [1.29, 1.82) is 0 Å². The first-order chi connectivity index (χ1) is 10.2. The lowest BCUT2D eigenvalue weighted by Crippen LogP contribution is -2.52. The normalized spacial score (nSPS) is 14.4. The van der Waals surface area contributed by atoms with Gasteiger partial charge in [0.25, 0.3) is 6.10 Å². The van der Waals surface area contributed by atoms with E-state index < -0.39 is 49.5 Å². The first-order valence-corrected chi connectivity index (χ1v) is 7.49. The maximum absolute atomic E-state index is 13.4. The van der Waals surface area contributed by atoms with Gasteiger partial charge in [-0.1, -0.05) is 6.07 Å². The molecule has 0 aliphatic heterocycles. The van der Waals surface area contributed by atoms with Crippen LogP contribution in [0, 0.1) is 5.82 Å². The first-order valence-electron chi connectivity index (χ1n) is 5.26. The molecule has 0 radical (unpaired) electrons. The van der Waals surface area contributed by atoms with E-state index in [9.17, 15) is 39.6 Å². The molecule has 1 rings (SSSR count). The maximum atomic E-state index is 13.4. The van der Waals surface area contributed by atoms with Gasteiger partial charge in [-0.25, -0.2) is 9.18 Å². The Morgan fingerprint density at radius 2 is 1.74 bits per heavy atom. The van der Waals surface area contributed by atoms with Gasteiger partial charge in [-0.2, -0.15) is 30.4 Å². The third-order valence-corrected chi connectivity index (χ3v) is 3.90. The Hall–Kier alpha value is -1.34. The average Bonchev–Trinajstić information content (AvgIpc) is 2.32. The lowest BCUT2D eigenvalue weighted by Gasteiger charge is -2.26. The molecule has 1 N–H and O–H groups in total. The van der Waals surface area contributed by atoms with Crippen LogP contribution < -0.4 is 0 Å². The molecule has 0 aliphatic carbocycles. The summed E-state index contributed by atoms with van der Waals surface area (Å²) in [5, 5.41) is -5.89. The van der Waals surface area contributed by atoms with Crippen molar-refractivity contribution in [2.75, 3.05) is 0 Å². The number of ether oxygens (including phenoxy) is 1. The fourth-order valence-corrected chi connectivity index (χ4v) is 2.28. The van der Waals surface area contributed by atoms with E-state index in [0.29, 0.717) is 6.07 Å². The van der Waals surface area contributed by atoms with Gasteiger partial charge in [0, 0.05) is 4.47 Å². The molecule has 13 heteroatoms. The van der Waals surface area contributed by atoms with Crippen molar-refractivity contribution in [2.45, 2.75) is 17.5 Å². The minimum atomic E-state index is -6.57. The third-order valence-electron chi connectivity index (χ3n) is 2.34. The molecular formula is C10H5BrF6O5S. The summed E-state index contributed by atoms with van der Waals surface area (Å²) in [6.45, 7) is 0. The molecular weight excluding hydrogens is 426 g/mol. The summed E-state index contributed by atoms with van der Waals surface area (Å²) in [5.74, 6) is -3.61. The number of benzene rings is 1. The molecule has 0 saturated carbocycles. The predicted molar refractivity (Wildman–Crippen MR) is 65.9 cm³/mol. The molecule has 0 aromatic heterocycles. The number of esters is 1. The Balaban J connectivity index is 3.31. The second kappa shape index (κ2) is 6.28. The van der Waals surface area contributed by atoms with E-state index >= 15 is 0 Å². The topological polar surface area (TPSA) is 80.7 Å². The molecule has 1 aromatic carbocycles. The number of hydrogen-bond donors (Lipinski definition) is 1. The lowest BCUT2D eigenvalue weighted by molar-refractivity contribution is -0.248. The monoisotopic (exact) mass is 430 g/mol. The Morgan fingerprint density at radius 3 is 2.13 bits per heavy atom. The molecule has 1 atom stereocenters. The van der Waals surface area contributed by atoms with Crippen molar-refractivity contribution in [1.82, 2.24) is 0 Å². The van der Waals surface area contributed by atoms with Gasteiger partial charge in [0.1, 0.15) is 11.4 Å². The number of rotatable bonds is 4. The highest BCUT2D eigenvalue weighted by atomic mass is 79.9. The molecule has 0 bridgehead atoms. The van der Waals surface area contributed by atoms with Gasteiger partial charge in [0.15, 0.2) is 0 Å². The van der Waals surface area contributed by atoms with Gasteiger partial charge in [0.05, 0.1) is 0 Å². The molecule has 0 fully saturated rings. The van der Waals surface area contributed by atoms with Crippen LogP contribution in [0.25, 0.3) is 0 Å². The standard InChI is InChI=1S/C10H5BrF6O5S/c11-4-2-1-3-5(12)6(4)7(18)22-8(9(13,14)15)10(16,17)23(19,20)21/h1-3,8H,(H,19,20,21). The zero-order chi connectivity index (χ0) is 18.2. The lowest BCUT2D eigenvalue weighted by atomic mass is 10.2. The van der Waals surface area contributed by atoms with Crippen molar-refractivity contribution in [3.8, 4) is 0 Å². The maximum Gasteiger partial charge on any atom is 0.432 e. The van der Waals surface area contributed by atoms with Crippen LogP contribution in [0.3, 0.4) is 0 Å². The van der Waals surface area contributed by atoms with Crippen LogP contribution in [-0.2, 0) is 14.9 Å². The first kappa shape index (κ1) is 19.7. The molecule has 0 saturated heterocycles. The van der Waals surface area contributed by atoms with Crippen molar-refractivity contribution in [3.63, 3.8) is 0 Å². The molecule has 130 valence electrons. The highest BCUT2D eigenvalue weighted by Crippen LogP contribution is 2.38. The second-order valence-corrected chi connectivity index (χ2v) is 6.31. The summed E-state index contributed by atoms with van der Waals surface area (Å²) in [4.78, 5) is 11.5. The van der Waals surface area contributed by atoms with Gasteiger partial charge < -0.3 is 4.74 Å². The number of alkyl halides is 5. The minimum Gasteiger partial charge on any atom is -0.441 e. The zero-order valence-electron chi connectivity index (χ0n) is 10.4. The fraction of sp³-hybridized carbons (Fsp3) is 0.300. The van der Waals surface area contributed by atoms with E-state index in [2.05, 4.69) is 20.7 Å². The molecule has 23 heavy (non-hydrogen) atoms. The van der Waals surface area contributed by atoms with Gasteiger partial charge in [-0.05, 0) is 28.1 Å². The van der Waals surface area contributed by atoms with Crippen LogP contribution in [0.2, 0.25) is 0 Å². The van der Waals surface area contributed by atoms with E-state index in [4.69, 9.17) is 4.55 Å². The number of carbonyl (C=O) groups excluding carboxylic acids is 1. The van der Waals surface area contributed by atoms with E-state index in [-0.39, 0.29) is 0 Å². The highest BCUT2D eigenvalue weighted by molar-refractivity contribution is 9.10. The Kier molecular flexibility index (Phi) is 5.38. The SMILES string of the molecule is O=C(OC(C(F)(F)F)C(F)(F)S(=O)(=O)O)c1c(F)cccc1Br. The summed E-state index contributed by atoms with van der Waals surface area (Å²) in [7, 11) is -6.57. The Bertz CT molecular complexity index is 697. The molecule has 0 amide bonds. The largest absolute Gasteiger partial charge is 0.441 e. The highest BCUT2D eigenvalue weighted by Gasteiger charge is 2.66. The van der Waals surface area contributed by atoms with E-state index in [1.807, 2.05) is 0 Å². The molecule has 0 spiro atoms. The summed E-state index contributed by atoms with van der Waals surface area (Å²) in [6, 6.07) is 2.68. The number of halogens is 7. The van der Waals surface area contributed by atoms with Gasteiger partial charge in [0.2, 0.25) is 0 Å². The van der Waals surface area contributed by atoms with E-state index in [0.717, 1.165) is 12.1 Å². The Morgan fingerprint density at radius 1 is 1.22 bits per heavy atom. The summed E-state index contributed by atoms with van der Waals surface area (Å²) >= 11 is 2.60. The van der Waals surface area contributed by atoms with Gasteiger partial charge in [-0.3, -0.25) is 4.55 Å². The van der Waals surface area contributed by atoms with Crippen LogP contribution in [-0.4, -0.2) is 36.5 Å². The average molecular weight is 431 g/mol. The van der Waals surface area contributed by atoms with Gasteiger partial charge >= 0.3 is 27.5 Å². The van der Waals surface area contributed by atoms with Crippen LogP contribution in [0.4, 0.5) is 26.3 Å². The predicted octanol–water partition coefficient (Wildman–Crippen LogP) is 3.16. The quantitative estimate of drug-likeness (QED) is 0.450. The van der Waals surface area contributed by atoms with E-state index in [1.54, 1.807) is 0 Å². The van der Waals surface area contributed by atoms with E-state index in [1.165, 1.54) is 0 Å². The van der Waals surface area contributed by atoms with Crippen LogP contribution in [0.5, 0.6) is 0 Å². The minimum absolute atomic E-state index is 0.418. The zero-order valence-corrected chi connectivity index (χ0v) is 12.8. The van der Waals surface area contributed by atoms with Crippen molar-refractivity contribution in [2.24, 2.45) is 0 Å². The fourth-order valence-electron chi connectivity index (χ4n) is 1.32. The molecule has 1 aromatic rings. The van der Waals surface area contributed by atoms with Crippen molar-refractivity contribution in [3.05, 3.63) is 34.1 Å². The molecule has 0 aliphatic rings. The van der Waals surface area contributed by atoms with Crippen molar-refractivity contribution >= 4 is 32.0 Å². The third kappa shape index (κ3) is 4.14. The summed E-state index contributed by atoms with van der Waals surface area (Å²) in [6.07, 6.45) is -10.6. The second-order valence-electron chi connectivity index (χ2n) is 3.96. The molecule has 1 unspecified atom stereocenters. The van der Waals surface area contributed by atoms with Crippen LogP contribution in [0.1, 0.15) is 10.4 Å².